The van der Waals surface area contributed by atoms with Crippen molar-refractivity contribution in [2.24, 2.45) is 0 Å². The van der Waals surface area contributed by atoms with Crippen LogP contribution in [0.25, 0.3) is 0 Å². The van der Waals surface area contributed by atoms with E-state index in [1.807, 2.05) is 0 Å². The molecule has 1 aromatic heterocycles. The van der Waals surface area contributed by atoms with Crippen molar-refractivity contribution >= 4 is 5.97 Å². The van der Waals surface area contributed by atoms with E-state index >= 15 is 0 Å². The van der Waals surface area contributed by atoms with Gasteiger partial charge in [0.25, 0.3) is 0 Å². The van der Waals surface area contributed by atoms with Gasteiger partial charge in [0.2, 0.25) is 0 Å². The zero-order valence-corrected chi connectivity index (χ0v) is 7.28. The summed E-state index contributed by atoms with van der Waals surface area (Å²) in [7, 11) is 0. The SMILES string of the molecule is CCOC(=O)C1(c2nn[nH]n2)CC1. The van der Waals surface area contributed by atoms with E-state index in [2.05, 4.69) is 20.6 Å². The second-order valence-corrected chi connectivity index (χ2v) is 3.04. The van der Waals surface area contributed by atoms with Gasteiger partial charge in [-0.1, -0.05) is 5.21 Å². The van der Waals surface area contributed by atoms with Crippen LogP contribution in [0.15, 0.2) is 0 Å². The number of hydrogen-bond acceptors (Lipinski definition) is 5. The average Bonchev–Trinajstić information content (AvgIpc) is 2.76. The molecule has 0 aliphatic heterocycles. The number of tetrazole rings is 1. The summed E-state index contributed by atoms with van der Waals surface area (Å²) in [5.74, 6) is 0.211. The van der Waals surface area contributed by atoms with E-state index < -0.39 is 5.41 Å². The molecule has 0 amide bonds. The smallest absolute Gasteiger partial charge is 0.319 e. The number of nitrogens with zero attached hydrogens (tertiary/aromatic N) is 3. The van der Waals surface area contributed by atoms with E-state index in [1.165, 1.54) is 0 Å². The van der Waals surface area contributed by atoms with Crippen molar-refractivity contribution in [3.05, 3.63) is 5.82 Å². The average molecular weight is 182 g/mol. The fourth-order valence-electron chi connectivity index (χ4n) is 1.28. The maximum atomic E-state index is 11.5. The van der Waals surface area contributed by atoms with Crippen LogP contribution in [0.1, 0.15) is 25.6 Å². The number of carbonyl (C=O) groups is 1. The van der Waals surface area contributed by atoms with Gasteiger partial charge in [0, 0.05) is 0 Å². The topological polar surface area (TPSA) is 80.8 Å². The molecule has 13 heavy (non-hydrogen) atoms. The predicted octanol–water partition coefficient (Wildman–Crippen LogP) is -0.206. The lowest BCUT2D eigenvalue weighted by Crippen LogP contribution is -2.24. The van der Waals surface area contributed by atoms with Crippen LogP contribution in [-0.2, 0) is 14.9 Å². The Morgan fingerprint density at radius 2 is 2.46 bits per heavy atom. The van der Waals surface area contributed by atoms with Crippen LogP contribution < -0.4 is 0 Å². The minimum Gasteiger partial charge on any atom is -0.465 e. The summed E-state index contributed by atoms with van der Waals surface area (Å²) in [5, 5.41) is 13.4. The van der Waals surface area contributed by atoms with Crippen molar-refractivity contribution in [3.8, 4) is 0 Å². The summed E-state index contributed by atoms with van der Waals surface area (Å²) in [5.41, 5.74) is -0.594. The normalized spacial score (nSPS) is 18.2. The van der Waals surface area contributed by atoms with Gasteiger partial charge >= 0.3 is 5.97 Å². The van der Waals surface area contributed by atoms with Crippen molar-refractivity contribution < 1.29 is 9.53 Å². The van der Waals surface area contributed by atoms with Crippen molar-refractivity contribution in [2.75, 3.05) is 6.61 Å². The molecule has 0 atom stereocenters. The lowest BCUT2D eigenvalue weighted by atomic mass is 10.1. The third-order valence-corrected chi connectivity index (χ3v) is 2.19. The molecule has 0 spiro atoms. The zero-order chi connectivity index (χ0) is 9.31. The first kappa shape index (κ1) is 8.15. The van der Waals surface area contributed by atoms with Gasteiger partial charge in [0.1, 0.15) is 5.41 Å². The summed E-state index contributed by atoms with van der Waals surface area (Å²) < 4.78 is 4.93. The Labute approximate surface area is 74.7 Å². The lowest BCUT2D eigenvalue weighted by Gasteiger charge is -2.08. The third-order valence-electron chi connectivity index (χ3n) is 2.19. The molecule has 1 aliphatic carbocycles. The van der Waals surface area contributed by atoms with Crippen LogP contribution in [0.3, 0.4) is 0 Å². The highest BCUT2D eigenvalue weighted by Crippen LogP contribution is 2.47. The Kier molecular flexibility index (Phi) is 1.75. The molecule has 6 heteroatoms. The number of carbonyl (C=O) groups excluding carboxylic acids is 1. The van der Waals surface area contributed by atoms with Gasteiger partial charge in [-0.25, -0.2) is 0 Å². The van der Waals surface area contributed by atoms with Crippen LogP contribution in [0.2, 0.25) is 0 Å². The maximum absolute atomic E-state index is 11.5. The second kappa shape index (κ2) is 2.79. The fourth-order valence-corrected chi connectivity index (χ4v) is 1.28. The quantitative estimate of drug-likeness (QED) is 0.654. The van der Waals surface area contributed by atoms with Gasteiger partial charge in [0.05, 0.1) is 6.61 Å². The van der Waals surface area contributed by atoms with E-state index in [4.69, 9.17) is 4.74 Å². The van der Waals surface area contributed by atoms with Gasteiger partial charge in [-0.3, -0.25) is 4.79 Å². The van der Waals surface area contributed by atoms with Crippen molar-refractivity contribution in [1.29, 1.82) is 0 Å². The highest BCUT2D eigenvalue weighted by Gasteiger charge is 2.56. The van der Waals surface area contributed by atoms with E-state index in [0.29, 0.717) is 12.4 Å². The molecule has 1 saturated carbocycles. The van der Waals surface area contributed by atoms with Crippen molar-refractivity contribution in [1.82, 2.24) is 20.6 Å². The molecule has 1 aromatic rings. The molecular weight excluding hydrogens is 172 g/mol. The lowest BCUT2D eigenvalue weighted by molar-refractivity contribution is -0.146. The number of esters is 1. The predicted molar refractivity (Wildman–Crippen MR) is 41.7 cm³/mol. The standard InChI is InChI=1S/C7H10N4O2/c1-2-13-6(12)7(3-4-7)5-8-10-11-9-5/h2-4H2,1H3,(H,8,9,10,11). The van der Waals surface area contributed by atoms with Crippen molar-refractivity contribution in [3.63, 3.8) is 0 Å². The van der Waals surface area contributed by atoms with E-state index in [1.54, 1.807) is 6.92 Å². The minimum absolute atomic E-state index is 0.239. The number of ether oxygens (including phenoxy) is 1. The van der Waals surface area contributed by atoms with Gasteiger partial charge < -0.3 is 4.74 Å². The second-order valence-electron chi connectivity index (χ2n) is 3.04. The molecule has 0 bridgehead atoms. The number of hydrogen-bond donors (Lipinski definition) is 1. The van der Waals surface area contributed by atoms with Crippen LogP contribution in [0, 0.1) is 0 Å². The number of rotatable bonds is 3. The summed E-state index contributed by atoms with van der Waals surface area (Å²) in [6, 6.07) is 0. The number of nitrogens with one attached hydrogen (secondary N) is 1. The number of aromatic nitrogens is 4. The highest BCUT2D eigenvalue weighted by atomic mass is 16.5. The molecule has 6 nitrogen and oxygen atoms in total. The van der Waals surface area contributed by atoms with Crippen LogP contribution in [0.4, 0.5) is 0 Å². The first-order valence-electron chi connectivity index (χ1n) is 4.21. The van der Waals surface area contributed by atoms with Gasteiger partial charge in [-0.2, -0.15) is 5.21 Å². The van der Waals surface area contributed by atoms with Gasteiger partial charge in [0.15, 0.2) is 5.82 Å². The number of aromatic amines is 1. The van der Waals surface area contributed by atoms with Crippen LogP contribution >= 0.6 is 0 Å². The molecular formula is C7H10N4O2. The Balaban J connectivity index is 2.17. The molecule has 1 aliphatic rings. The maximum Gasteiger partial charge on any atom is 0.319 e. The molecule has 2 rings (SSSR count). The summed E-state index contributed by atoms with van der Waals surface area (Å²) in [6.45, 7) is 2.17. The van der Waals surface area contributed by atoms with Gasteiger partial charge in [-0.05, 0) is 19.8 Å². The molecule has 0 unspecified atom stereocenters. The third kappa shape index (κ3) is 1.18. The molecule has 0 saturated heterocycles. The Morgan fingerprint density at radius 1 is 1.69 bits per heavy atom. The molecule has 1 fully saturated rings. The highest BCUT2D eigenvalue weighted by molar-refractivity contribution is 5.85. The molecule has 0 aromatic carbocycles. The summed E-state index contributed by atoms with van der Waals surface area (Å²) in [4.78, 5) is 11.5. The van der Waals surface area contributed by atoms with E-state index in [9.17, 15) is 4.79 Å². The molecule has 0 radical (unpaired) electrons. The Hall–Kier alpha value is -1.46. The molecule has 1 N–H and O–H groups in total. The minimum atomic E-state index is -0.594. The van der Waals surface area contributed by atoms with Crippen molar-refractivity contribution in [2.45, 2.75) is 25.2 Å². The first-order valence-corrected chi connectivity index (χ1v) is 4.21. The van der Waals surface area contributed by atoms with Crippen LogP contribution in [0.5, 0.6) is 0 Å². The van der Waals surface area contributed by atoms with Crippen LogP contribution in [-0.4, -0.2) is 33.2 Å². The zero-order valence-electron chi connectivity index (χ0n) is 7.28. The fraction of sp³-hybridized carbons (Fsp3) is 0.714. The van der Waals surface area contributed by atoms with Gasteiger partial charge in [-0.15, -0.1) is 10.2 Å². The number of H-pyrrole nitrogens is 1. The molecule has 1 heterocycles. The Morgan fingerprint density at radius 3 is 2.92 bits per heavy atom. The summed E-state index contributed by atoms with van der Waals surface area (Å²) in [6.07, 6.45) is 1.51. The van der Waals surface area contributed by atoms with E-state index in [0.717, 1.165) is 12.8 Å². The Bertz CT molecular complexity index is 304. The first-order chi connectivity index (χ1) is 6.29. The monoisotopic (exact) mass is 182 g/mol. The van der Waals surface area contributed by atoms with E-state index in [-0.39, 0.29) is 5.97 Å². The molecule has 70 valence electrons. The largest absolute Gasteiger partial charge is 0.465 e. The summed E-state index contributed by atoms with van der Waals surface area (Å²) >= 11 is 0.